The molecule has 0 N–H and O–H groups in total. The van der Waals surface area contributed by atoms with Crippen LogP contribution < -0.4 is 0 Å². The zero-order chi connectivity index (χ0) is 18.0. The highest BCUT2D eigenvalue weighted by molar-refractivity contribution is 4.55. The average molecular weight is 342 g/mol. The third-order valence-electron chi connectivity index (χ3n) is 4.79. The minimum Gasteiger partial charge on any atom is -0.309 e. The van der Waals surface area contributed by atoms with Crippen molar-refractivity contribution in [3.8, 4) is 0 Å². The molecule has 0 atom stereocenters. The third-order valence-corrected chi connectivity index (χ3v) is 4.79. The van der Waals surface area contributed by atoms with Gasteiger partial charge >= 0.3 is 0 Å². The van der Waals surface area contributed by atoms with Crippen molar-refractivity contribution in [3.63, 3.8) is 0 Å². The molecule has 0 aromatic rings. The molecule has 0 heterocycles. The Bertz CT molecular complexity index is 217. The van der Waals surface area contributed by atoms with E-state index in [-0.39, 0.29) is 0 Å². The Labute approximate surface area is 153 Å². The first-order chi connectivity index (χ1) is 11.5. The lowest BCUT2D eigenvalue weighted by atomic mass is 10.1. The second-order valence-corrected chi connectivity index (χ2v) is 8.15. The van der Waals surface area contributed by atoms with Crippen molar-refractivity contribution in [3.05, 3.63) is 0 Å². The summed E-state index contributed by atoms with van der Waals surface area (Å²) in [6.45, 7) is 5.08. The molecule has 0 rings (SSSR count). The molecule has 0 saturated carbocycles. The zero-order valence-electron chi connectivity index (χ0n) is 17.7. The summed E-state index contributed by atoms with van der Waals surface area (Å²) in [5.41, 5.74) is 0. The van der Waals surface area contributed by atoms with Crippen LogP contribution in [0.25, 0.3) is 0 Å². The quantitative estimate of drug-likeness (QED) is 0.334. The van der Waals surface area contributed by atoms with Crippen LogP contribution in [0.5, 0.6) is 0 Å². The van der Waals surface area contributed by atoms with E-state index in [0.29, 0.717) is 0 Å². The van der Waals surface area contributed by atoms with Crippen LogP contribution in [0.1, 0.15) is 77.0 Å². The van der Waals surface area contributed by atoms with E-state index in [2.05, 4.69) is 49.9 Å². The minimum absolute atomic E-state index is 1.25. The molecule has 3 nitrogen and oxygen atoms in total. The minimum atomic E-state index is 1.25. The van der Waals surface area contributed by atoms with Gasteiger partial charge in [0.25, 0.3) is 0 Å². The van der Waals surface area contributed by atoms with Crippen molar-refractivity contribution in [2.75, 3.05) is 61.4 Å². The van der Waals surface area contributed by atoms with Crippen LogP contribution >= 0.6 is 0 Å². The molecule has 0 radical (unpaired) electrons. The molecule has 0 aliphatic heterocycles. The number of hydrogen-bond donors (Lipinski definition) is 0. The van der Waals surface area contributed by atoms with Crippen molar-refractivity contribution < 1.29 is 0 Å². The van der Waals surface area contributed by atoms with E-state index in [1.807, 2.05) is 0 Å². The second-order valence-electron chi connectivity index (χ2n) is 8.15. The Hall–Kier alpha value is -0.120. The molecule has 24 heavy (non-hydrogen) atoms. The standard InChI is InChI=1S/C21H47N3/c1-22(2)18-14-10-6-8-12-16-20-24(5)21-17-13-9-7-11-15-19-23(3)4/h6-21H2,1-5H3. The van der Waals surface area contributed by atoms with Crippen LogP contribution in [0.15, 0.2) is 0 Å². The summed E-state index contributed by atoms with van der Waals surface area (Å²) in [5.74, 6) is 0. The third kappa shape index (κ3) is 19.9. The van der Waals surface area contributed by atoms with Crippen molar-refractivity contribution in [1.29, 1.82) is 0 Å². The summed E-state index contributed by atoms with van der Waals surface area (Å²) in [6.07, 6.45) is 16.8. The molecular weight excluding hydrogens is 294 g/mol. The van der Waals surface area contributed by atoms with Crippen molar-refractivity contribution in [2.24, 2.45) is 0 Å². The lowest BCUT2D eigenvalue weighted by Gasteiger charge is -2.16. The molecule has 0 saturated heterocycles. The Morgan fingerprint density at radius 1 is 0.333 bits per heavy atom. The molecule has 0 bridgehead atoms. The summed E-state index contributed by atoms with van der Waals surface area (Å²) < 4.78 is 0. The number of rotatable bonds is 18. The first-order valence-electron chi connectivity index (χ1n) is 10.5. The van der Waals surface area contributed by atoms with Crippen molar-refractivity contribution in [1.82, 2.24) is 14.7 Å². The van der Waals surface area contributed by atoms with Crippen LogP contribution in [-0.4, -0.2) is 76.1 Å². The summed E-state index contributed by atoms with van der Waals surface area (Å²) in [7, 11) is 11.0. The molecule has 3 heteroatoms. The maximum absolute atomic E-state index is 2.54. The van der Waals surface area contributed by atoms with Crippen LogP contribution in [-0.2, 0) is 0 Å². The van der Waals surface area contributed by atoms with Gasteiger partial charge < -0.3 is 14.7 Å². The lowest BCUT2D eigenvalue weighted by molar-refractivity contribution is 0.313. The highest BCUT2D eigenvalue weighted by Crippen LogP contribution is 2.08. The number of unbranched alkanes of at least 4 members (excludes halogenated alkanes) is 10. The number of hydrogen-bond acceptors (Lipinski definition) is 3. The molecule has 0 amide bonds. The highest BCUT2D eigenvalue weighted by Gasteiger charge is 1.99. The van der Waals surface area contributed by atoms with Gasteiger partial charge in [0.05, 0.1) is 0 Å². The van der Waals surface area contributed by atoms with E-state index < -0.39 is 0 Å². The van der Waals surface area contributed by atoms with E-state index in [1.54, 1.807) is 0 Å². The van der Waals surface area contributed by atoms with Crippen molar-refractivity contribution in [2.45, 2.75) is 77.0 Å². The molecule has 0 aromatic carbocycles. The maximum atomic E-state index is 2.54. The van der Waals surface area contributed by atoms with Gasteiger partial charge in [-0.15, -0.1) is 0 Å². The van der Waals surface area contributed by atoms with Gasteiger partial charge in [0.15, 0.2) is 0 Å². The fraction of sp³-hybridized carbons (Fsp3) is 1.00. The molecule has 0 aliphatic carbocycles. The van der Waals surface area contributed by atoms with Gasteiger partial charge in [-0.3, -0.25) is 0 Å². The predicted octanol–water partition coefficient (Wildman–Crippen LogP) is 4.72. The van der Waals surface area contributed by atoms with Gasteiger partial charge in [-0.05, 0) is 87.1 Å². The fourth-order valence-electron chi connectivity index (χ4n) is 3.15. The van der Waals surface area contributed by atoms with Crippen molar-refractivity contribution >= 4 is 0 Å². The van der Waals surface area contributed by atoms with Gasteiger partial charge in [-0.1, -0.05) is 51.4 Å². The molecule has 0 aliphatic rings. The molecule has 0 fully saturated rings. The van der Waals surface area contributed by atoms with E-state index in [4.69, 9.17) is 0 Å². The summed E-state index contributed by atoms with van der Waals surface area (Å²) in [4.78, 5) is 7.12. The van der Waals surface area contributed by atoms with Gasteiger partial charge in [-0.2, -0.15) is 0 Å². The smallest absolute Gasteiger partial charge is 0.00218 e. The maximum Gasteiger partial charge on any atom is -0.00218 e. The zero-order valence-corrected chi connectivity index (χ0v) is 17.7. The molecule has 146 valence electrons. The summed E-state index contributed by atoms with van der Waals surface area (Å²) in [5, 5.41) is 0. The van der Waals surface area contributed by atoms with E-state index in [0.717, 1.165) is 0 Å². The largest absolute Gasteiger partial charge is 0.309 e. The normalized spacial score (nSPS) is 12.0. The van der Waals surface area contributed by atoms with E-state index in [1.165, 1.54) is 103 Å². The monoisotopic (exact) mass is 341 g/mol. The van der Waals surface area contributed by atoms with Gasteiger partial charge in [0.1, 0.15) is 0 Å². The van der Waals surface area contributed by atoms with Crippen LogP contribution in [0.2, 0.25) is 0 Å². The summed E-state index contributed by atoms with van der Waals surface area (Å²) in [6, 6.07) is 0. The van der Waals surface area contributed by atoms with Gasteiger partial charge in [-0.25, -0.2) is 0 Å². The topological polar surface area (TPSA) is 9.72 Å². The Kier molecular flexibility index (Phi) is 17.6. The molecule has 0 aromatic heterocycles. The predicted molar refractivity (Wildman–Crippen MR) is 110 cm³/mol. The summed E-state index contributed by atoms with van der Waals surface area (Å²) >= 11 is 0. The first kappa shape index (κ1) is 23.9. The molecular formula is C21H47N3. The van der Waals surface area contributed by atoms with Crippen LogP contribution in [0.3, 0.4) is 0 Å². The average Bonchev–Trinajstić information content (AvgIpc) is 2.51. The van der Waals surface area contributed by atoms with Gasteiger partial charge in [0, 0.05) is 0 Å². The lowest BCUT2D eigenvalue weighted by Crippen LogP contribution is -2.20. The SMILES string of the molecule is CN(C)CCCCCCCCN(C)CCCCCCCCN(C)C. The molecule has 0 unspecified atom stereocenters. The van der Waals surface area contributed by atoms with Crippen LogP contribution in [0.4, 0.5) is 0 Å². The Balaban J connectivity index is 3.17. The van der Waals surface area contributed by atoms with E-state index >= 15 is 0 Å². The van der Waals surface area contributed by atoms with Crippen LogP contribution in [0, 0.1) is 0 Å². The Morgan fingerprint density at radius 2 is 0.583 bits per heavy atom. The second kappa shape index (κ2) is 17.7. The molecule has 0 spiro atoms. The van der Waals surface area contributed by atoms with Gasteiger partial charge in [0.2, 0.25) is 0 Å². The van der Waals surface area contributed by atoms with E-state index in [9.17, 15) is 0 Å². The number of nitrogens with zero attached hydrogens (tertiary/aromatic N) is 3. The fourth-order valence-corrected chi connectivity index (χ4v) is 3.15. The first-order valence-corrected chi connectivity index (χ1v) is 10.5. The Morgan fingerprint density at radius 3 is 0.875 bits per heavy atom. The highest BCUT2D eigenvalue weighted by atomic mass is 15.1.